The molecule has 0 radical (unpaired) electrons. The fraction of sp³-hybridized carbons (Fsp3) is 0.909. The minimum atomic E-state index is -0.398. The molecule has 4 heteroatoms. The molecule has 1 rings (SSSR count). The normalized spacial score (nSPS) is 21.1. The number of amides is 1. The average molecular weight is 214 g/mol. The van der Waals surface area contributed by atoms with Crippen LogP contribution in [-0.4, -0.2) is 35.7 Å². The topological polar surface area (TPSA) is 55.6 Å². The van der Waals surface area contributed by atoms with E-state index in [0.717, 1.165) is 25.8 Å². The number of carbonyl (C=O) groups excluding carboxylic acids is 1. The number of ether oxygens (including phenoxy) is 1. The summed E-state index contributed by atoms with van der Waals surface area (Å²) < 4.78 is 5.31. The fourth-order valence-electron chi connectivity index (χ4n) is 1.66. The summed E-state index contributed by atoms with van der Waals surface area (Å²) >= 11 is 0. The average Bonchev–Trinajstić information content (AvgIpc) is 1.98. The molecule has 1 fully saturated rings. The van der Waals surface area contributed by atoms with E-state index in [1.807, 2.05) is 20.8 Å². The standard InChI is InChI=1S/C11H22N2O2/c1-11(2,3)15-10(14)13-8-6-9(13)5-4-7-12/h9H,4-8,12H2,1-3H3. The maximum Gasteiger partial charge on any atom is 0.410 e. The van der Waals surface area contributed by atoms with Gasteiger partial charge in [-0.3, -0.25) is 0 Å². The molecule has 88 valence electrons. The van der Waals surface area contributed by atoms with Crippen molar-refractivity contribution in [3.05, 3.63) is 0 Å². The Morgan fingerprint density at radius 2 is 2.20 bits per heavy atom. The molecule has 0 aromatic carbocycles. The van der Waals surface area contributed by atoms with Gasteiger partial charge in [0.2, 0.25) is 0 Å². The number of hydrogen-bond acceptors (Lipinski definition) is 3. The Labute approximate surface area is 91.8 Å². The molecular weight excluding hydrogens is 192 g/mol. The highest BCUT2D eigenvalue weighted by Gasteiger charge is 2.34. The van der Waals surface area contributed by atoms with Crippen LogP contribution in [0.3, 0.4) is 0 Å². The van der Waals surface area contributed by atoms with E-state index >= 15 is 0 Å². The third kappa shape index (κ3) is 3.70. The molecule has 1 unspecified atom stereocenters. The molecule has 1 aliphatic rings. The number of rotatable bonds is 3. The Kier molecular flexibility index (Phi) is 3.97. The van der Waals surface area contributed by atoms with Crippen molar-refractivity contribution in [2.75, 3.05) is 13.1 Å². The summed E-state index contributed by atoms with van der Waals surface area (Å²) in [7, 11) is 0. The highest BCUT2D eigenvalue weighted by Crippen LogP contribution is 2.24. The van der Waals surface area contributed by atoms with Crippen LogP contribution in [0.1, 0.15) is 40.0 Å². The van der Waals surface area contributed by atoms with Crippen molar-refractivity contribution in [3.63, 3.8) is 0 Å². The molecule has 1 aliphatic heterocycles. The lowest BCUT2D eigenvalue weighted by Gasteiger charge is -2.41. The van der Waals surface area contributed by atoms with Crippen LogP contribution in [0.2, 0.25) is 0 Å². The molecule has 1 heterocycles. The lowest BCUT2D eigenvalue weighted by molar-refractivity contribution is -0.00683. The Bertz CT molecular complexity index is 223. The van der Waals surface area contributed by atoms with Crippen molar-refractivity contribution >= 4 is 6.09 Å². The number of hydrogen-bond donors (Lipinski definition) is 1. The number of nitrogens with zero attached hydrogens (tertiary/aromatic N) is 1. The zero-order valence-corrected chi connectivity index (χ0v) is 9.95. The Hall–Kier alpha value is -0.770. The Morgan fingerprint density at radius 1 is 1.53 bits per heavy atom. The van der Waals surface area contributed by atoms with Gasteiger partial charge in [0, 0.05) is 12.6 Å². The van der Waals surface area contributed by atoms with Gasteiger partial charge in [-0.25, -0.2) is 4.79 Å². The lowest BCUT2D eigenvalue weighted by atomic mass is 9.99. The quantitative estimate of drug-likeness (QED) is 0.778. The Balaban J connectivity index is 2.34. The van der Waals surface area contributed by atoms with Gasteiger partial charge in [0.05, 0.1) is 0 Å². The van der Waals surface area contributed by atoms with Crippen molar-refractivity contribution in [2.24, 2.45) is 5.73 Å². The van der Waals surface area contributed by atoms with Gasteiger partial charge >= 0.3 is 6.09 Å². The van der Waals surface area contributed by atoms with E-state index in [2.05, 4.69) is 0 Å². The van der Waals surface area contributed by atoms with Gasteiger partial charge in [-0.15, -0.1) is 0 Å². The molecule has 0 aliphatic carbocycles. The first-order valence-corrected chi connectivity index (χ1v) is 5.64. The van der Waals surface area contributed by atoms with Gasteiger partial charge in [0.25, 0.3) is 0 Å². The van der Waals surface area contributed by atoms with Crippen LogP contribution < -0.4 is 5.73 Å². The van der Waals surface area contributed by atoms with Crippen LogP contribution >= 0.6 is 0 Å². The second kappa shape index (κ2) is 4.84. The SMILES string of the molecule is CC(C)(C)OC(=O)N1CCC1CCCN. The molecule has 0 spiro atoms. The number of nitrogens with two attached hydrogens (primary N) is 1. The van der Waals surface area contributed by atoms with Gasteiger partial charge in [-0.05, 0) is 46.6 Å². The van der Waals surface area contributed by atoms with E-state index < -0.39 is 5.60 Å². The summed E-state index contributed by atoms with van der Waals surface area (Å²) in [6, 6.07) is 0.350. The van der Waals surface area contributed by atoms with Crippen molar-refractivity contribution < 1.29 is 9.53 Å². The summed E-state index contributed by atoms with van der Waals surface area (Å²) in [5.74, 6) is 0. The van der Waals surface area contributed by atoms with Crippen molar-refractivity contribution in [3.8, 4) is 0 Å². The number of likely N-dealkylation sites (tertiary alicyclic amines) is 1. The first-order valence-electron chi connectivity index (χ1n) is 5.64. The van der Waals surface area contributed by atoms with Crippen LogP contribution in [0.5, 0.6) is 0 Å². The third-order valence-corrected chi connectivity index (χ3v) is 2.51. The third-order valence-electron chi connectivity index (χ3n) is 2.51. The van der Waals surface area contributed by atoms with Gasteiger partial charge < -0.3 is 15.4 Å². The first kappa shape index (κ1) is 12.3. The predicted octanol–water partition coefficient (Wildman–Crippen LogP) is 1.73. The summed E-state index contributed by atoms with van der Waals surface area (Å²) in [6.07, 6.45) is 2.87. The summed E-state index contributed by atoms with van der Waals surface area (Å²) in [6.45, 7) is 7.18. The minimum absolute atomic E-state index is 0.184. The van der Waals surface area contributed by atoms with E-state index in [4.69, 9.17) is 10.5 Å². The first-order chi connectivity index (χ1) is 6.94. The molecule has 15 heavy (non-hydrogen) atoms. The fourth-order valence-corrected chi connectivity index (χ4v) is 1.66. The summed E-state index contributed by atoms with van der Waals surface area (Å²) in [5, 5.41) is 0. The Morgan fingerprint density at radius 3 is 2.60 bits per heavy atom. The zero-order chi connectivity index (χ0) is 11.5. The second-order valence-electron chi connectivity index (χ2n) is 5.05. The van der Waals surface area contributed by atoms with E-state index in [1.54, 1.807) is 4.90 Å². The largest absolute Gasteiger partial charge is 0.444 e. The number of carbonyl (C=O) groups is 1. The monoisotopic (exact) mass is 214 g/mol. The van der Waals surface area contributed by atoms with Crippen molar-refractivity contribution in [1.29, 1.82) is 0 Å². The van der Waals surface area contributed by atoms with Gasteiger partial charge in [-0.2, -0.15) is 0 Å². The minimum Gasteiger partial charge on any atom is -0.444 e. The van der Waals surface area contributed by atoms with E-state index in [9.17, 15) is 4.79 Å². The molecule has 1 amide bonds. The summed E-state index contributed by atoms with van der Waals surface area (Å²) in [4.78, 5) is 13.5. The van der Waals surface area contributed by atoms with Crippen LogP contribution in [0.25, 0.3) is 0 Å². The lowest BCUT2D eigenvalue weighted by Crippen LogP contribution is -2.52. The molecular formula is C11H22N2O2. The molecule has 0 aromatic heterocycles. The van der Waals surface area contributed by atoms with Gasteiger partial charge in [0.1, 0.15) is 5.60 Å². The van der Waals surface area contributed by atoms with Crippen LogP contribution in [-0.2, 0) is 4.74 Å². The second-order valence-corrected chi connectivity index (χ2v) is 5.05. The smallest absolute Gasteiger partial charge is 0.410 e. The van der Waals surface area contributed by atoms with Crippen molar-refractivity contribution in [1.82, 2.24) is 4.90 Å². The van der Waals surface area contributed by atoms with Crippen LogP contribution in [0.4, 0.5) is 4.79 Å². The molecule has 0 aromatic rings. The molecule has 0 bridgehead atoms. The molecule has 1 atom stereocenters. The highest BCUT2D eigenvalue weighted by molar-refractivity contribution is 5.69. The highest BCUT2D eigenvalue weighted by atomic mass is 16.6. The molecule has 1 saturated heterocycles. The zero-order valence-electron chi connectivity index (χ0n) is 9.95. The summed E-state index contributed by atoms with van der Waals surface area (Å²) in [5.41, 5.74) is 5.05. The van der Waals surface area contributed by atoms with E-state index in [1.165, 1.54) is 0 Å². The van der Waals surface area contributed by atoms with E-state index in [-0.39, 0.29) is 6.09 Å². The predicted molar refractivity (Wildman–Crippen MR) is 59.6 cm³/mol. The van der Waals surface area contributed by atoms with Crippen LogP contribution in [0, 0.1) is 0 Å². The van der Waals surface area contributed by atoms with Gasteiger partial charge in [0.15, 0.2) is 0 Å². The molecule has 2 N–H and O–H groups in total. The maximum absolute atomic E-state index is 11.7. The van der Waals surface area contributed by atoms with E-state index in [0.29, 0.717) is 12.6 Å². The van der Waals surface area contributed by atoms with Crippen molar-refractivity contribution in [2.45, 2.75) is 51.7 Å². The maximum atomic E-state index is 11.7. The van der Waals surface area contributed by atoms with Gasteiger partial charge in [-0.1, -0.05) is 0 Å². The molecule has 0 saturated carbocycles. The van der Waals surface area contributed by atoms with Crippen LogP contribution in [0.15, 0.2) is 0 Å². The molecule has 4 nitrogen and oxygen atoms in total.